The molecule has 3 atom stereocenters. The van der Waals surface area contributed by atoms with E-state index in [4.69, 9.17) is 0 Å². The van der Waals surface area contributed by atoms with Gasteiger partial charge in [-0.2, -0.15) is 0 Å². The third-order valence-corrected chi connectivity index (χ3v) is 7.84. The molecule has 1 aromatic heterocycles. The molecule has 0 spiro atoms. The number of unbranched alkanes of at least 4 members (excludes halogenated alkanes) is 1. The number of aromatic nitrogens is 1. The Bertz CT molecular complexity index is 1200. The van der Waals surface area contributed by atoms with Crippen LogP contribution in [0, 0.1) is 17.6 Å². The topological polar surface area (TPSA) is 42.5 Å². The van der Waals surface area contributed by atoms with E-state index in [0.717, 1.165) is 35.9 Å². The maximum atomic E-state index is 15.7. The fraction of sp³-hybridized carbons (Fsp3) is 0.500. The Kier molecular flexibility index (Phi) is 7.12. The van der Waals surface area contributed by atoms with Crippen molar-refractivity contribution in [2.24, 2.45) is 5.92 Å². The van der Waals surface area contributed by atoms with Crippen LogP contribution in [-0.2, 0) is 6.42 Å². The van der Waals surface area contributed by atoms with Gasteiger partial charge < -0.3 is 15.0 Å². The first-order valence-electron chi connectivity index (χ1n) is 12.8. The number of nitrogens with one attached hydrogen (secondary N) is 1. The van der Waals surface area contributed by atoms with E-state index in [1.165, 1.54) is 17.0 Å². The summed E-state index contributed by atoms with van der Waals surface area (Å²) in [5.41, 5.74) is 2.19. The number of aliphatic hydroxyl groups excluding tert-OH is 1. The number of aromatic amines is 1. The molecule has 3 aromatic rings. The van der Waals surface area contributed by atoms with Crippen LogP contribution in [-0.4, -0.2) is 58.5 Å². The smallest absolute Gasteiger partial charge is 0.251 e. The number of H-pyrrole nitrogens is 1. The third kappa shape index (κ3) is 4.55. The fourth-order valence-electron chi connectivity index (χ4n) is 5.94. The highest BCUT2D eigenvalue weighted by Gasteiger charge is 2.40. The number of rotatable bonds is 8. The van der Waals surface area contributed by atoms with Gasteiger partial charge in [0.1, 0.15) is 11.6 Å². The lowest BCUT2D eigenvalue weighted by Crippen LogP contribution is -2.49. The van der Waals surface area contributed by atoms with E-state index < -0.39 is 36.8 Å². The molecule has 36 heavy (non-hydrogen) atoms. The summed E-state index contributed by atoms with van der Waals surface area (Å²) >= 11 is 0. The van der Waals surface area contributed by atoms with Gasteiger partial charge in [0.05, 0.1) is 18.7 Å². The summed E-state index contributed by atoms with van der Waals surface area (Å²) in [6.45, 7) is 5.66. The molecule has 2 aliphatic rings. The Balaban J connectivity index is 1.51. The number of aliphatic hydroxyl groups is 1. The molecule has 2 N–H and O–H groups in total. The molecule has 2 aromatic carbocycles. The lowest BCUT2D eigenvalue weighted by Gasteiger charge is -2.42. The molecule has 8 heteroatoms. The van der Waals surface area contributed by atoms with Crippen molar-refractivity contribution in [3.63, 3.8) is 0 Å². The van der Waals surface area contributed by atoms with Gasteiger partial charge in [-0.05, 0) is 55.6 Å². The summed E-state index contributed by atoms with van der Waals surface area (Å²) in [7, 11) is 0. The van der Waals surface area contributed by atoms with Crippen LogP contribution in [0.1, 0.15) is 61.2 Å². The van der Waals surface area contributed by atoms with E-state index in [1.807, 2.05) is 31.2 Å². The van der Waals surface area contributed by atoms with Gasteiger partial charge in [0.15, 0.2) is 0 Å². The summed E-state index contributed by atoms with van der Waals surface area (Å²) < 4.78 is 58.6. The van der Waals surface area contributed by atoms with Crippen molar-refractivity contribution in [3.05, 3.63) is 70.4 Å². The number of fused-ring (bicyclic) bond motifs is 3. The van der Waals surface area contributed by atoms with E-state index in [0.29, 0.717) is 25.2 Å². The Hall–Kier alpha value is -2.42. The second-order valence-corrected chi connectivity index (χ2v) is 10.3. The van der Waals surface area contributed by atoms with Gasteiger partial charge in [-0.1, -0.05) is 31.5 Å². The maximum Gasteiger partial charge on any atom is 0.251 e. The number of benzene rings is 2. The van der Waals surface area contributed by atoms with Crippen molar-refractivity contribution in [2.45, 2.75) is 57.7 Å². The van der Waals surface area contributed by atoms with Crippen LogP contribution < -0.4 is 0 Å². The van der Waals surface area contributed by atoms with Gasteiger partial charge in [-0.15, -0.1) is 0 Å². The van der Waals surface area contributed by atoms with Crippen molar-refractivity contribution in [1.82, 2.24) is 14.8 Å². The lowest BCUT2D eigenvalue weighted by atomic mass is 9.85. The maximum absolute atomic E-state index is 15.7. The second kappa shape index (κ2) is 10.1. The van der Waals surface area contributed by atoms with Crippen LogP contribution in [0.5, 0.6) is 0 Å². The molecular weight excluding hydrogens is 470 g/mol. The molecule has 0 aliphatic carbocycles. The van der Waals surface area contributed by atoms with E-state index in [9.17, 15) is 13.9 Å². The fourth-order valence-corrected chi connectivity index (χ4v) is 5.94. The molecule has 4 nitrogen and oxygen atoms in total. The molecule has 0 amide bonds. The minimum absolute atomic E-state index is 0.0863. The summed E-state index contributed by atoms with van der Waals surface area (Å²) in [6, 6.07) is 8.56. The van der Waals surface area contributed by atoms with Crippen molar-refractivity contribution < 1.29 is 22.7 Å². The molecule has 0 bridgehead atoms. The summed E-state index contributed by atoms with van der Waals surface area (Å²) in [5.74, 6) is -1.74. The average molecular weight is 504 g/mol. The molecule has 0 unspecified atom stereocenters. The van der Waals surface area contributed by atoms with Crippen molar-refractivity contribution in [2.75, 3.05) is 26.2 Å². The zero-order valence-corrected chi connectivity index (χ0v) is 20.7. The normalized spacial score (nSPS) is 22.2. The van der Waals surface area contributed by atoms with Crippen LogP contribution in [0.2, 0.25) is 0 Å². The molecule has 0 saturated carbocycles. The molecule has 1 saturated heterocycles. The Morgan fingerprint density at radius 3 is 2.47 bits per heavy atom. The molecule has 0 radical (unpaired) electrons. The van der Waals surface area contributed by atoms with Gasteiger partial charge in [0.2, 0.25) is 0 Å². The molecule has 5 rings (SSSR count). The highest BCUT2D eigenvalue weighted by Crippen LogP contribution is 2.43. The minimum Gasteiger partial charge on any atom is -0.388 e. The van der Waals surface area contributed by atoms with E-state index in [1.54, 1.807) is 0 Å². The number of halogens is 4. The highest BCUT2D eigenvalue weighted by molar-refractivity contribution is 5.85. The first kappa shape index (κ1) is 25.2. The number of alkyl halides is 2. The third-order valence-electron chi connectivity index (χ3n) is 7.84. The largest absolute Gasteiger partial charge is 0.388 e. The average Bonchev–Trinajstić information content (AvgIpc) is 3.17. The van der Waals surface area contributed by atoms with Gasteiger partial charge in [-0.3, -0.25) is 4.90 Å². The standard InChI is InChI=1S/C28H33F4N3O/c1-3-4-9-34-13-18(14-34)28(36)17-11-21(29)25(22(30)12-17)27-26-20(10-16(2)35(27)15-24(31)32)19-7-5-6-8-23(19)33-26/h5-8,11-12,16,18,24,27-28,33,36H,3-4,9-10,13-15H2,1-2H3/t16-,27-,28-/m1/s1. The molecule has 3 heterocycles. The number of hydrogen-bond donors (Lipinski definition) is 2. The number of hydrogen-bond acceptors (Lipinski definition) is 3. The van der Waals surface area contributed by atoms with Gasteiger partial charge in [0, 0.05) is 47.2 Å². The predicted octanol–water partition coefficient (Wildman–Crippen LogP) is 5.81. The summed E-state index contributed by atoms with van der Waals surface area (Å²) in [4.78, 5) is 6.97. The van der Waals surface area contributed by atoms with E-state index in [-0.39, 0.29) is 23.1 Å². The Morgan fingerprint density at radius 1 is 1.11 bits per heavy atom. The highest BCUT2D eigenvalue weighted by atomic mass is 19.3. The first-order valence-corrected chi connectivity index (χ1v) is 12.8. The number of para-hydroxylation sites is 1. The Morgan fingerprint density at radius 2 is 1.81 bits per heavy atom. The minimum atomic E-state index is -2.65. The second-order valence-electron chi connectivity index (χ2n) is 10.3. The number of nitrogens with zero attached hydrogens (tertiary/aromatic N) is 2. The van der Waals surface area contributed by atoms with Crippen molar-refractivity contribution in [3.8, 4) is 0 Å². The van der Waals surface area contributed by atoms with Crippen LogP contribution >= 0.6 is 0 Å². The van der Waals surface area contributed by atoms with Crippen LogP contribution in [0.25, 0.3) is 10.9 Å². The summed E-state index contributed by atoms with van der Waals surface area (Å²) in [6.07, 6.45) is -0.971. The molecule has 2 aliphatic heterocycles. The molecular formula is C28H33F4N3O. The van der Waals surface area contributed by atoms with Crippen molar-refractivity contribution in [1.29, 1.82) is 0 Å². The van der Waals surface area contributed by atoms with E-state index >= 15 is 8.78 Å². The van der Waals surface area contributed by atoms with Crippen LogP contribution in [0.15, 0.2) is 36.4 Å². The van der Waals surface area contributed by atoms with Gasteiger partial charge in [-0.25, -0.2) is 17.6 Å². The zero-order valence-electron chi connectivity index (χ0n) is 20.7. The molecule has 194 valence electrons. The van der Waals surface area contributed by atoms with Crippen LogP contribution in [0.3, 0.4) is 0 Å². The predicted molar refractivity (Wildman–Crippen MR) is 132 cm³/mol. The monoisotopic (exact) mass is 503 g/mol. The van der Waals surface area contributed by atoms with Crippen molar-refractivity contribution >= 4 is 10.9 Å². The van der Waals surface area contributed by atoms with E-state index in [2.05, 4.69) is 16.8 Å². The zero-order chi connectivity index (χ0) is 25.6. The lowest BCUT2D eigenvalue weighted by molar-refractivity contribution is -0.00584. The van der Waals surface area contributed by atoms with Gasteiger partial charge >= 0.3 is 0 Å². The quantitative estimate of drug-likeness (QED) is 0.381. The number of likely N-dealkylation sites (tertiary alicyclic amines) is 1. The first-order chi connectivity index (χ1) is 17.3. The van der Waals surface area contributed by atoms with Crippen LogP contribution in [0.4, 0.5) is 17.6 Å². The molecule has 1 fully saturated rings. The Labute approximate surface area is 208 Å². The SMILES string of the molecule is CCCCN1CC([C@H](O)c2cc(F)c([C@@H]3c4[nH]c5ccccc5c4C[C@@H](C)N3CC(F)F)c(F)c2)C1. The van der Waals surface area contributed by atoms with Gasteiger partial charge in [0.25, 0.3) is 6.43 Å². The summed E-state index contributed by atoms with van der Waals surface area (Å²) in [5, 5.41) is 11.8.